The average molecular weight is 330 g/mol. The maximum atomic E-state index is 6.18. The first-order chi connectivity index (χ1) is 11.2. The summed E-state index contributed by atoms with van der Waals surface area (Å²) in [5.74, 6) is 0.741. The van der Waals surface area contributed by atoms with Crippen molar-refractivity contribution in [1.29, 1.82) is 0 Å². The van der Waals surface area contributed by atoms with E-state index in [0.717, 1.165) is 29.8 Å². The van der Waals surface area contributed by atoms with Gasteiger partial charge in [-0.2, -0.15) is 0 Å². The van der Waals surface area contributed by atoms with Crippen molar-refractivity contribution in [2.45, 2.75) is 31.9 Å². The zero-order chi connectivity index (χ0) is 16.1. The topological polar surface area (TPSA) is 47.0 Å². The molecule has 1 fully saturated rings. The minimum atomic E-state index is 0.109. The standard InChI is InChI=1S/C18H20ClN3O/c1-13(17-3-2-8-21-17)23-16-11-15(18(19)22-12-16)5-4-14-6-9-20-10-7-14/h4-7,9-13,17,21H,2-3,8H2,1H3/b5-4+/t13?,17-/m1/s1. The second-order valence-corrected chi connectivity index (χ2v) is 6.05. The molecule has 0 saturated carbocycles. The summed E-state index contributed by atoms with van der Waals surface area (Å²) >= 11 is 6.18. The van der Waals surface area contributed by atoms with Gasteiger partial charge < -0.3 is 10.1 Å². The molecule has 1 N–H and O–H groups in total. The molecule has 23 heavy (non-hydrogen) atoms. The van der Waals surface area contributed by atoms with Crippen LogP contribution in [0.25, 0.3) is 12.2 Å². The average Bonchev–Trinajstić information content (AvgIpc) is 3.11. The van der Waals surface area contributed by atoms with Crippen LogP contribution < -0.4 is 10.1 Å². The Morgan fingerprint density at radius 2 is 2.17 bits per heavy atom. The molecule has 1 aliphatic heterocycles. The van der Waals surface area contributed by atoms with E-state index in [1.807, 2.05) is 30.4 Å². The van der Waals surface area contributed by atoms with Crippen LogP contribution in [0.3, 0.4) is 0 Å². The van der Waals surface area contributed by atoms with Crippen molar-refractivity contribution in [3.63, 3.8) is 0 Å². The summed E-state index contributed by atoms with van der Waals surface area (Å²) < 4.78 is 6.02. The lowest BCUT2D eigenvalue weighted by Gasteiger charge is -2.21. The van der Waals surface area contributed by atoms with Crippen molar-refractivity contribution in [3.05, 3.63) is 53.1 Å². The minimum absolute atomic E-state index is 0.109. The molecule has 0 aliphatic carbocycles. The monoisotopic (exact) mass is 329 g/mol. The van der Waals surface area contributed by atoms with E-state index in [0.29, 0.717) is 11.2 Å². The fourth-order valence-corrected chi connectivity index (χ4v) is 2.86. The number of ether oxygens (including phenoxy) is 1. The Balaban J connectivity index is 1.72. The predicted octanol–water partition coefficient (Wildman–Crippen LogP) is 3.82. The number of halogens is 1. The first-order valence-electron chi connectivity index (χ1n) is 7.86. The summed E-state index contributed by atoms with van der Waals surface area (Å²) in [6, 6.07) is 6.21. The Kier molecular flexibility index (Phi) is 5.26. The van der Waals surface area contributed by atoms with E-state index in [-0.39, 0.29) is 6.10 Å². The highest BCUT2D eigenvalue weighted by Gasteiger charge is 2.22. The van der Waals surface area contributed by atoms with Crippen molar-refractivity contribution in [1.82, 2.24) is 15.3 Å². The smallest absolute Gasteiger partial charge is 0.138 e. The first-order valence-corrected chi connectivity index (χ1v) is 8.24. The van der Waals surface area contributed by atoms with E-state index in [2.05, 4.69) is 22.2 Å². The Morgan fingerprint density at radius 3 is 2.91 bits per heavy atom. The van der Waals surface area contributed by atoms with Crippen LogP contribution in [-0.2, 0) is 0 Å². The number of pyridine rings is 2. The van der Waals surface area contributed by atoms with Gasteiger partial charge in [-0.3, -0.25) is 4.98 Å². The molecule has 2 aromatic heterocycles. The molecule has 0 amide bonds. The van der Waals surface area contributed by atoms with Crippen LogP contribution in [0.5, 0.6) is 5.75 Å². The van der Waals surface area contributed by atoms with Gasteiger partial charge in [-0.05, 0) is 50.1 Å². The van der Waals surface area contributed by atoms with Gasteiger partial charge in [0.25, 0.3) is 0 Å². The van der Waals surface area contributed by atoms with Crippen LogP contribution >= 0.6 is 11.6 Å². The number of hydrogen-bond donors (Lipinski definition) is 1. The number of aromatic nitrogens is 2. The third-order valence-corrected chi connectivity index (χ3v) is 4.31. The van der Waals surface area contributed by atoms with Gasteiger partial charge in [-0.25, -0.2) is 4.98 Å². The fraction of sp³-hybridized carbons (Fsp3) is 0.333. The summed E-state index contributed by atoms with van der Waals surface area (Å²) in [6.07, 6.45) is 11.6. The number of nitrogens with zero attached hydrogens (tertiary/aromatic N) is 2. The van der Waals surface area contributed by atoms with E-state index < -0.39 is 0 Å². The molecule has 0 spiro atoms. The van der Waals surface area contributed by atoms with Crippen LogP contribution in [0, 0.1) is 0 Å². The second kappa shape index (κ2) is 7.57. The molecule has 2 atom stereocenters. The maximum Gasteiger partial charge on any atom is 0.138 e. The molecule has 0 radical (unpaired) electrons. The number of hydrogen-bond acceptors (Lipinski definition) is 4. The molecule has 120 valence electrons. The van der Waals surface area contributed by atoms with Crippen molar-refractivity contribution in [2.75, 3.05) is 6.54 Å². The van der Waals surface area contributed by atoms with E-state index in [4.69, 9.17) is 16.3 Å². The minimum Gasteiger partial charge on any atom is -0.487 e. The van der Waals surface area contributed by atoms with Gasteiger partial charge in [0, 0.05) is 24.0 Å². The van der Waals surface area contributed by atoms with Gasteiger partial charge in [0.15, 0.2) is 0 Å². The number of nitrogens with one attached hydrogen (secondary N) is 1. The second-order valence-electron chi connectivity index (χ2n) is 5.69. The van der Waals surface area contributed by atoms with E-state index in [9.17, 15) is 0 Å². The summed E-state index contributed by atoms with van der Waals surface area (Å²) in [5.41, 5.74) is 1.90. The van der Waals surface area contributed by atoms with Gasteiger partial charge in [-0.1, -0.05) is 23.8 Å². The molecule has 2 aromatic rings. The van der Waals surface area contributed by atoms with E-state index in [1.165, 1.54) is 6.42 Å². The third-order valence-electron chi connectivity index (χ3n) is 3.99. The summed E-state index contributed by atoms with van der Waals surface area (Å²) in [4.78, 5) is 8.23. The third kappa shape index (κ3) is 4.30. The van der Waals surface area contributed by atoms with Crippen LogP contribution in [-0.4, -0.2) is 28.7 Å². The molecule has 3 rings (SSSR count). The van der Waals surface area contributed by atoms with Gasteiger partial charge >= 0.3 is 0 Å². The zero-order valence-corrected chi connectivity index (χ0v) is 13.8. The van der Waals surface area contributed by atoms with Crippen LogP contribution in [0.4, 0.5) is 0 Å². The Morgan fingerprint density at radius 1 is 1.35 bits per heavy atom. The summed E-state index contributed by atoms with van der Waals surface area (Å²) in [6.45, 7) is 3.15. The molecular formula is C18H20ClN3O. The molecule has 3 heterocycles. The maximum absolute atomic E-state index is 6.18. The Labute approximate surface area is 141 Å². The largest absolute Gasteiger partial charge is 0.487 e. The lowest BCUT2D eigenvalue weighted by molar-refractivity contribution is 0.179. The van der Waals surface area contributed by atoms with Gasteiger partial charge in [0.2, 0.25) is 0 Å². The predicted molar refractivity (Wildman–Crippen MR) is 93.5 cm³/mol. The Hall–Kier alpha value is -1.91. The van der Waals surface area contributed by atoms with Crippen LogP contribution in [0.15, 0.2) is 36.8 Å². The first kappa shape index (κ1) is 16.0. The summed E-state index contributed by atoms with van der Waals surface area (Å²) in [7, 11) is 0. The highest BCUT2D eigenvalue weighted by atomic mass is 35.5. The van der Waals surface area contributed by atoms with E-state index in [1.54, 1.807) is 18.6 Å². The van der Waals surface area contributed by atoms with Crippen molar-refractivity contribution in [3.8, 4) is 5.75 Å². The van der Waals surface area contributed by atoms with Crippen LogP contribution in [0.2, 0.25) is 5.15 Å². The molecular weight excluding hydrogens is 310 g/mol. The highest BCUT2D eigenvalue weighted by molar-refractivity contribution is 6.31. The van der Waals surface area contributed by atoms with Gasteiger partial charge in [0.1, 0.15) is 17.0 Å². The lowest BCUT2D eigenvalue weighted by atomic mass is 10.1. The lowest BCUT2D eigenvalue weighted by Crippen LogP contribution is -2.36. The molecule has 0 aromatic carbocycles. The molecule has 1 aliphatic rings. The molecule has 4 nitrogen and oxygen atoms in total. The van der Waals surface area contributed by atoms with Gasteiger partial charge in [0.05, 0.1) is 6.20 Å². The van der Waals surface area contributed by atoms with Crippen molar-refractivity contribution >= 4 is 23.8 Å². The molecule has 1 unspecified atom stereocenters. The zero-order valence-electron chi connectivity index (χ0n) is 13.1. The fourth-order valence-electron chi connectivity index (χ4n) is 2.70. The van der Waals surface area contributed by atoms with Crippen molar-refractivity contribution in [2.24, 2.45) is 0 Å². The van der Waals surface area contributed by atoms with Crippen LogP contribution in [0.1, 0.15) is 30.9 Å². The molecule has 5 heteroatoms. The molecule has 1 saturated heterocycles. The Bertz CT molecular complexity index is 669. The SMILES string of the molecule is CC(Oc1cnc(Cl)c(/C=C/c2ccncc2)c1)[C@H]1CCCN1. The van der Waals surface area contributed by atoms with Gasteiger partial charge in [-0.15, -0.1) is 0 Å². The quantitative estimate of drug-likeness (QED) is 0.847. The molecule has 0 bridgehead atoms. The highest BCUT2D eigenvalue weighted by Crippen LogP contribution is 2.23. The number of rotatable bonds is 5. The summed E-state index contributed by atoms with van der Waals surface area (Å²) in [5, 5.41) is 3.92. The normalized spacial score (nSPS) is 19.1. The van der Waals surface area contributed by atoms with E-state index >= 15 is 0 Å². The van der Waals surface area contributed by atoms with Crippen molar-refractivity contribution < 1.29 is 4.74 Å².